The number of hydrogen-bond donors (Lipinski definition) is 1. The minimum Gasteiger partial charge on any atom is -0.462 e. The summed E-state index contributed by atoms with van der Waals surface area (Å²) in [5, 5.41) is 10.7. The summed E-state index contributed by atoms with van der Waals surface area (Å²) in [5.41, 5.74) is 0. The minimum atomic E-state index is -1.07. The Bertz CT molecular complexity index is 633. The van der Waals surface area contributed by atoms with E-state index in [0.717, 1.165) is 25.7 Å². The molecule has 1 fully saturated rings. The summed E-state index contributed by atoms with van der Waals surface area (Å²) in [6, 6.07) is 0. The highest BCUT2D eigenvalue weighted by molar-refractivity contribution is 5.71. The van der Waals surface area contributed by atoms with Crippen LogP contribution in [0.2, 0.25) is 0 Å². The van der Waals surface area contributed by atoms with Crippen LogP contribution in [0.25, 0.3) is 0 Å². The van der Waals surface area contributed by atoms with E-state index in [1.165, 1.54) is 128 Å². The van der Waals surface area contributed by atoms with E-state index in [2.05, 4.69) is 13.8 Å². The molecule has 0 spiro atoms. The molecule has 1 heterocycles. The predicted molar refractivity (Wildman–Crippen MR) is 182 cm³/mol. The fourth-order valence-electron chi connectivity index (χ4n) is 6.03. The fraction of sp³-hybridized carbons (Fsp3) is 0.973. The lowest BCUT2D eigenvalue weighted by Crippen LogP contribution is -2.40. The Morgan fingerprint density at radius 1 is 0.591 bits per heavy atom. The zero-order valence-corrected chi connectivity index (χ0v) is 29.5. The van der Waals surface area contributed by atoms with E-state index >= 15 is 0 Å². The molecule has 0 amide bonds. The fourth-order valence-corrected chi connectivity index (χ4v) is 6.03. The Labute approximate surface area is 272 Å². The van der Waals surface area contributed by atoms with Crippen molar-refractivity contribution in [1.29, 1.82) is 0 Å². The molecule has 262 valence electrons. The Morgan fingerprint density at radius 3 is 1.34 bits per heavy atom. The Morgan fingerprint density at radius 2 is 0.955 bits per heavy atom. The van der Waals surface area contributed by atoms with Crippen LogP contribution in [0.15, 0.2) is 0 Å². The average molecular weight is 628 g/mol. The van der Waals surface area contributed by atoms with Crippen LogP contribution in [0.1, 0.15) is 168 Å². The third-order valence-corrected chi connectivity index (χ3v) is 8.76. The molecule has 0 aromatic carbocycles. The first-order valence-corrected chi connectivity index (χ1v) is 18.9. The van der Waals surface area contributed by atoms with Gasteiger partial charge >= 0.3 is 5.97 Å². The molecule has 4 atom stereocenters. The summed E-state index contributed by atoms with van der Waals surface area (Å²) >= 11 is 0. The van der Waals surface area contributed by atoms with Crippen LogP contribution in [0.3, 0.4) is 0 Å². The van der Waals surface area contributed by atoms with E-state index < -0.39 is 24.6 Å². The molecule has 0 radical (unpaired) electrons. The molecule has 0 aliphatic carbocycles. The molecule has 0 saturated carbocycles. The number of ether oxygens (including phenoxy) is 4. The number of unbranched alkanes of at least 4 members (excludes halogenated alkanes) is 22. The molecule has 1 N–H and O–H groups in total. The molecule has 1 unspecified atom stereocenters. The first kappa shape index (κ1) is 41.3. The van der Waals surface area contributed by atoms with Crippen LogP contribution in [0, 0.1) is 0 Å². The molecule has 44 heavy (non-hydrogen) atoms. The molecule has 1 aliphatic rings. The van der Waals surface area contributed by atoms with Crippen LogP contribution in [0.5, 0.6) is 0 Å². The summed E-state index contributed by atoms with van der Waals surface area (Å²) in [6.45, 7) is 5.98. The predicted octanol–water partition coefficient (Wildman–Crippen LogP) is 8.98. The zero-order valence-electron chi connectivity index (χ0n) is 29.5. The van der Waals surface area contributed by atoms with Gasteiger partial charge in [0.15, 0.2) is 6.29 Å². The summed E-state index contributed by atoms with van der Waals surface area (Å²) in [4.78, 5) is 13.9. The standard InChI is InChI=1S/C37H73NO6/c1-5-7-9-11-13-15-17-19-21-23-25-27-29-41-35-33(32-43-34(39)31-38(3)4)44-37(40)36(35)42-30-28-26-24-22-20-18-16-14-12-10-8-6-2/h33,35-37,40H,5-32H2,1-4H3/t33-,35?,36+,37-/m1/s1. The normalized spacial score (nSPS) is 20.1. The molecular formula is C37H73NO6. The highest BCUT2D eigenvalue weighted by Crippen LogP contribution is 2.27. The summed E-state index contributed by atoms with van der Waals surface area (Å²) in [5.74, 6) is -0.311. The van der Waals surface area contributed by atoms with E-state index in [4.69, 9.17) is 18.9 Å². The van der Waals surface area contributed by atoms with Crippen molar-refractivity contribution in [3.8, 4) is 0 Å². The number of hydrogen-bond acceptors (Lipinski definition) is 7. The first-order chi connectivity index (χ1) is 21.5. The van der Waals surface area contributed by atoms with Crippen molar-refractivity contribution >= 4 is 5.97 Å². The summed E-state index contributed by atoms with van der Waals surface area (Å²) in [7, 11) is 3.66. The molecular weight excluding hydrogens is 554 g/mol. The van der Waals surface area contributed by atoms with Crippen molar-refractivity contribution in [2.75, 3.05) is 40.5 Å². The lowest BCUT2D eigenvalue weighted by Gasteiger charge is -2.24. The number of likely N-dealkylation sites (N-methyl/N-ethyl adjacent to an activating group) is 1. The molecule has 1 rings (SSSR count). The van der Waals surface area contributed by atoms with Crippen molar-refractivity contribution in [2.24, 2.45) is 0 Å². The highest BCUT2D eigenvalue weighted by atomic mass is 16.7. The van der Waals surface area contributed by atoms with E-state index in [1.807, 2.05) is 14.1 Å². The van der Waals surface area contributed by atoms with Gasteiger partial charge < -0.3 is 24.1 Å². The van der Waals surface area contributed by atoms with Crippen LogP contribution < -0.4 is 0 Å². The van der Waals surface area contributed by atoms with E-state index in [1.54, 1.807) is 4.90 Å². The van der Waals surface area contributed by atoms with Gasteiger partial charge in [0.1, 0.15) is 24.9 Å². The highest BCUT2D eigenvalue weighted by Gasteiger charge is 2.46. The number of aliphatic hydroxyl groups excluding tert-OH is 1. The lowest BCUT2D eigenvalue weighted by molar-refractivity contribution is -0.161. The van der Waals surface area contributed by atoms with E-state index in [9.17, 15) is 9.90 Å². The molecule has 1 saturated heterocycles. The number of aliphatic hydroxyl groups is 1. The maximum absolute atomic E-state index is 12.1. The topological polar surface area (TPSA) is 77.5 Å². The van der Waals surface area contributed by atoms with Crippen molar-refractivity contribution in [3.63, 3.8) is 0 Å². The van der Waals surface area contributed by atoms with Gasteiger partial charge in [-0.2, -0.15) is 0 Å². The Balaban J connectivity index is 2.29. The second kappa shape index (κ2) is 29.7. The molecule has 1 aliphatic heterocycles. The van der Waals surface area contributed by atoms with Crippen LogP contribution >= 0.6 is 0 Å². The third kappa shape index (κ3) is 22.7. The SMILES string of the molecule is CCCCCCCCCCCCCCOC1[C@@H](COC(=O)CN(C)C)O[C@@H](O)[C@H]1OCCCCCCCCCCCCCC. The second-order valence-corrected chi connectivity index (χ2v) is 13.4. The smallest absolute Gasteiger partial charge is 0.320 e. The maximum Gasteiger partial charge on any atom is 0.320 e. The number of nitrogens with zero attached hydrogens (tertiary/aromatic N) is 1. The first-order valence-electron chi connectivity index (χ1n) is 18.9. The molecule has 0 aromatic rings. The summed E-state index contributed by atoms with van der Waals surface area (Å²) in [6.07, 6.45) is 28.5. The van der Waals surface area contributed by atoms with Gasteiger partial charge in [-0.3, -0.25) is 9.69 Å². The van der Waals surface area contributed by atoms with Gasteiger partial charge in [0.05, 0.1) is 6.54 Å². The number of carbonyl (C=O) groups excluding carboxylic acids is 1. The zero-order chi connectivity index (χ0) is 32.1. The van der Waals surface area contributed by atoms with Crippen molar-refractivity contribution in [1.82, 2.24) is 4.90 Å². The molecule has 7 heteroatoms. The van der Waals surface area contributed by atoms with Gasteiger partial charge in [-0.25, -0.2) is 0 Å². The minimum absolute atomic E-state index is 0.0608. The van der Waals surface area contributed by atoms with Gasteiger partial charge in [0.2, 0.25) is 0 Å². The van der Waals surface area contributed by atoms with E-state index in [-0.39, 0.29) is 19.1 Å². The molecule has 7 nitrogen and oxygen atoms in total. The molecule has 0 aromatic heterocycles. The second-order valence-electron chi connectivity index (χ2n) is 13.4. The van der Waals surface area contributed by atoms with E-state index in [0.29, 0.717) is 13.2 Å². The monoisotopic (exact) mass is 628 g/mol. The number of rotatable bonds is 32. The van der Waals surface area contributed by atoms with Gasteiger partial charge in [0.25, 0.3) is 0 Å². The van der Waals surface area contributed by atoms with Crippen LogP contribution in [0.4, 0.5) is 0 Å². The third-order valence-electron chi connectivity index (χ3n) is 8.76. The lowest BCUT2D eigenvalue weighted by atomic mass is 10.1. The van der Waals surface area contributed by atoms with Crippen molar-refractivity contribution in [3.05, 3.63) is 0 Å². The Hall–Kier alpha value is -0.730. The van der Waals surface area contributed by atoms with Crippen LogP contribution in [-0.2, 0) is 23.7 Å². The largest absolute Gasteiger partial charge is 0.462 e. The maximum atomic E-state index is 12.1. The van der Waals surface area contributed by atoms with Crippen molar-refractivity contribution < 1.29 is 28.8 Å². The quantitative estimate of drug-likeness (QED) is 0.0589. The Kier molecular flexibility index (Phi) is 27.8. The number of esters is 1. The van der Waals surface area contributed by atoms with Gasteiger partial charge in [-0.1, -0.05) is 155 Å². The summed E-state index contributed by atoms with van der Waals surface area (Å²) < 4.78 is 23.6. The van der Waals surface area contributed by atoms with Gasteiger partial charge in [-0.15, -0.1) is 0 Å². The van der Waals surface area contributed by atoms with Gasteiger partial charge in [0, 0.05) is 13.2 Å². The number of carbonyl (C=O) groups is 1. The van der Waals surface area contributed by atoms with Crippen LogP contribution in [-0.4, -0.2) is 81.0 Å². The molecule has 0 bridgehead atoms. The van der Waals surface area contributed by atoms with Crippen molar-refractivity contribution in [2.45, 2.75) is 193 Å². The average Bonchev–Trinajstić information content (AvgIpc) is 3.30. The van der Waals surface area contributed by atoms with Gasteiger partial charge in [-0.05, 0) is 26.9 Å².